The predicted molar refractivity (Wildman–Crippen MR) is 90.5 cm³/mol. The SMILES string of the molecule is CC(CC1CCCCC1)C1Cc2c(ccc(O)c2O)C(CN)O1. The van der Waals surface area contributed by atoms with Crippen LogP contribution in [0.5, 0.6) is 11.5 Å². The van der Waals surface area contributed by atoms with Gasteiger partial charge in [0.2, 0.25) is 0 Å². The van der Waals surface area contributed by atoms with Crippen LogP contribution in [-0.2, 0) is 11.2 Å². The van der Waals surface area contributed by atoms with Crippen LogP contribution in [0, 0.1) is 11.8 Å². The van der Waals surface area contributed by atoms with Gasteiger partial charge in [0.25, 0.3) is 0 Å². The van der Waals surface area contributed by atoms with E-state index in [-0.39, 0.29) is 23.7 Å². The lowest BCUT2D eigenvalue weighted by Crippen LogP contribution is -2.35. The van der Waals surface area contributed by atoms with Crippen LogP contribution >= 0.6 is 0 Å². The molecule has 1 saturated carbocycles. The Labute approximate surface area is 138 Å². The van der Waals surface area contributed by atoms with E-state index in [4.69, 9.17) is 10.5 Å². The molecule has 3 atom stereocenters. The Morgan fingerprint density at radius 1 is 1.22 bits per heavy atom. The Hall–Kier alpha value is -1.26. The number of fused-ring (bicyclic) bond motifs is 1. The number of benzene rings is 1. The first-order valence-electron chi connectivity index (χ1n) is 8.99. The van der Waals surface area contributed by atoms with Crippen LogP contribution in [0.3, 0.4) is 0 Å². The van der Waals surface area contributed by atoms with Gasteiger partial charge < -0.3 is 20.7 Å². The quantitative estimate of drug-likeness (QED) is 0.741. The summed E-state index contributed by atoms with van der Waals surface area (Å²) in [7, 11) is 0. The van der Waals surface area contributed by atoms with Gasteiger partial charge in [0.15, 0.2) is 11.5 Å². The van der Waals surface area contributed by atoms with Gasteiger partial charge in [-0.1, -0.05) is 45.1 Å². The van der Waals surface area contributed by atoms with E-state index in [9.17, 15) is 10.2 Å². The Morgan fingerprint density at radius 3 is 2.65 bits per heavy atom. The van der Waals surface area contributed by atoms with Crippen molar-refractivity contribution in [1.29, 1.82) is 0 Å². The molecule has 0 bridgehead atoms. The molecule has 0 aromatic heterocycles. The highest BCUT2D eigenvalue weighted by atomic mass is 16.5. The third kappa shape index (κ3) is 3.48. The monoisotopic (exact) mass is 319 g/mol. The molecule has 0 saturated heterocycles. The minimum Gasteiger partial charge on any atom is -0.504 e. The number of nitrogens with two attached hydrogens (primary N) is 1. The van der Waals surface area contributed by atoms with E-state index >= 15 is 0 Å². The van der Waals surface area contributed by atoms with Gasteiger partial charge in [-0.15, -0.1) is 0 Å². The number of hydrogen-bond acceptors (Lipinski definition) is 4. The smallest absolute Gasteiger partial charge is 0.161 e. The van der Waals surface area contributed by atoms with E-state index < -0.39 is 0 Å². The van der Waals surface area contributed by atoms with Crippen LogP contribution in [-0.4, -0.2) is 22.9 Å². The Morgan fingerprint density at radius 2 is 1.96 bits per heavy atom. The highest BCUT2D eigenvalue weighted by molar-refractivity contribution is 5.51. The number of hydrogen-bond donors (Lipinski definition) is 3. The highest BCUT2D eigenvalue weighted by Gasteiger charge is 2.33. The van der Waals surface area contributed by atoms with Gasteiger partial charge in [-0.25, -0.2) is 0 Å². The molecule has 1 fully saturated rings. The summed E-state index contributed by atoms with van der Waals surface area (Å²) in [6.45, 7) is 2.64. The maximum atomic E-state index is 10.2. The van der Waals surface area contributed by atoms with E-state index in [0.29, 0.717) is 18.9 Å². The lowest BCUT2D eigenvalue weighted by Gasteiger charge is -2.37. The Bertz CT molecular complexity index is 540. The molecule has 2 aliphatic rings. The summed E-state index contributed by atoms with van der Waals surface area (Å²) in [5, 5.41) is 20.0. The fourth-order valence-corrected chi connectivity index (χ4v) is 4.31. The molecule has 4 nitrogen and oxygen atoms in total. The molecule has 128 valence electrons. The van der Waals surface area contributed by atoms with Crippen LogP contribution in [0.25, 0.3) is 0 Å². The first-order valence-corrected chi connectivity index (χ1v) is 8.99. The minimum absolute atomic E-state index is 0.000818. The van der Waals surface area contributed by atoms with Crippen molar-refractivity contribution in [3.63, 3.8) is 0 Å². The first kappa shape index (κ1) is 16.6. The zero-order valence-electron chi connectivity index (χ0n) is 14.0. The van der Waals surface area contributed by atoms with Crippen molar-refractivity contribution in [2.75, 3.05) is 6.54 Å². The van der Waals surface area contributed by atoms with Crippen LogP contribution in [0.1, 0.15) is 62.7 Å². The van der Waals surface area contributed by atoms with E-state index in [1.54, 1.807) is 0 Å². The van der Waals surface area contributed by atoms with Gasteiger partial charge in [0.1, 0.15) is 0 Å². The van der Waals surface area contributed by atoms with Gasteiger partial charge in [0, 0.05) is 18.5 Å². The Balaban J connectivity index is 1.75. The summed E-state index contributed by atoms with van der Waals surface area (Å²) in [5.74, 6) is 1.18. The van der Waals surface area contributed by atoms with Gasteiger partial charge in [-0.05, 0) is 29.9 Å². The molecule has 0 spiro atoms. The fraction of sp³-hybridized carbons (Fsp3) is 0.684. The van der Waals surface area contributed by atoms with Crippen molar-refractivity contribution in [3.8, 4) is 11.5 Å². The Kier molecular flexibility index (Phi) is 5.12. The number of ether oxygens (including phenoxy) is 1. The summed E-state index contributed by atoms with van der Waals surface area (Å²) in [6, 6.07) is 3.34. The summed E-state index contributed by atoms with van der Waals surface area (Å²) in [5.41, 5.74) is 7.62. The first-order chi connectivity index (χ1) is 11.1. The normalized spacial score (nSPS) is 26.7. The molecule has 23 heavy (non-hydrogen) atoms. The van der Waals surface area contributed by atoms with Gasteiger partial charge >= 0.3 is 0 Å². The van der Waals surface area contributed by atoms with Crippen molar-refractivity contribution >= 4 is 0 Å². The van der Waals surface area contributed by atoms with E-state index in [2.05, 4.69) is 6.92 Å². The molecule has 4 N–H and O–H groups in total. The van der Waals surface area contributed by atoms with Gasteiger partial charge in [-0.3, -0.25) is 0 Å². The third-order valence-electron chi connectivity index (χ3n) is 5.67. The molecule has 3 rings (SSSR count). The lowest BCUT2D eigenvalue weighted by atomic mass is 9.79. The zero-order valence-corrected chi connectivity index (χ0v) is 14.0. The van der Waals surface area contributed by atoms with Gasteiger partial charge in [0.05, 0.1) is 12.2 Å². The molecule has 1 heterocycles. The molecule has 0 radical (unpaired) electrons. The van der Waals surface area contributed by atoms with Crippen LogP contribution < -0.4 is 5.73 Å². The molecule has 3 unspecified atom stereocenters. The van der Waals surface area contributed by atoms with Crippen LogP contribution in [0.4, 0.5) is 0 Å². The topological polar surface area (TPSA) is 75.7 Å². The minimum atomic E-state index is -0.191. The maximum absolute atomic E-state index is 10.2. The van der Waals surface area contributed by atoms with Crippen molar-refractivity contribution < 1.29 is 14.9 Å². The van der Waals surface area contributed by atoms with Crippen LogP contribution in [0.15, 0.2) is 12.1 Å². The highest BCUT2D eigenvalue weighted by Crippen LogP contribution is 2.42. The van der Waals surface area contributed by atoms with Crippen molar-refractivity contribution in [1.82, 2.24) is 0 Å². The summed E-state index contributed by atoms with van der Waals surface area (Å²) < 4.78 is 6.24. The molecule has 0 amide bonds. The zero-order chi connectivity index (χ0) is 16.4. The average molecular weight is 319 g/mol. The summed E-state index contributed by atoms with van der Waals surface area (Å²) >= 11 is 0. The molecule has 4 heteroatoms. The molecular weight excluding hydrogens is 290 g/mol. The van der Waals surface area contributed by atoms with E-state index in [0.717, 1.165) is 17.0 Å². The van der Waals surface area contributed by atoms with Crippen molar-refractivity contribution in [3.05, 3.63) is 23.3 Å². The molecule has 1 aromatic rings. The standard InChI is InChI=1S/C19H29NO3/c1-12(9-13-5-3-2-4-6-13)17-10-15-14(18(11-20)23-17)7-8-16(21)19(15)22/h7-8,12-13,17-18,21-22H,2-6,9-11,20H2,1H3. The second kappa shape index (κ2) is 7.10. The second-order valence-corrected chi connectivity index (χ2v) is 7.32. The fourth-order valence-electron chi connectivity index (χ4n) is 4.31. The average Bonchev–Trinajstić information content (AvgIpc) is 2.58. The predicted octanol–water partition coefficient (Wildman–Crippen LogP) is 3.65. The summed E-state index contributed by atoms with van der Waals surface area (Å²) in [6.07, 6.45) is 8.45. The van der Waals surface area contributed by atoms with E-state index in [1.807, 2.05) is 6.07 Å². The third-order valence-corrected chi connectivity index (χ3v) is 5.67. The van der Waals surface area contributed by atoms with Crippen molar-refractivity contribution in [2.24, 2.45) is 17.6 Å². The number of phenolic OH excluding ortho intramolecular Hbond substituents is 2. The molecule has 1 aliphatic carbocycles. The van der Waals surface area contributed by atoms with E-state index in [1.165, 1.54) is 44.6 Å². The molecular formula is C19H29NO3. The van der Waals surface area contributed by atoms with Crippen LogP contribution in [0.2, 0.25) is 0 Å². The summed E-state index contributed by atoms with van der Waals surface area (Å²) in [4.78, 5) is 0. The molecule has 1 aromatic carbocycles. The largest absolute Gasteiger partial charge is 0.504 e. The number of phenols is 2. The second-order valence-electron chi connectivity index (χ2n) is 7.32. The van der Waals surface area contributed by atoms with Gasteiger partial charge in [-0.2, -0.15) is 0 Å². The van der Waals surface area contributed by atoms with Crippen molar-refractivity contribution in [2.45, 2.75) is 64.1 Å². The maximum Gasteiger partial charge on any atom is 0.161 e. The number of aromatic hydroxyl groups is 2. The molecule has 1 aliphatic heterocycles. The number of rotatable bonds is 4. The lowest BCUT2D eigenvalue weighted by molar-refractivity contribution is -0.0536.